The maximum atomic E-state index is 12.7. The molecule has 24 heteroatoms. The summed E-state index contributed by atoms with van der Waals surface area (Å²) in [5, 5.41) is 150. The summed E-state index contributed by atoms with van der Waals surface area (Å²) in [5.74, 6) is -2.13. The van der Waals surface area contributed by atoms with E-state index in [1.807, 2.05) is 0 Å². The van der Waals surface area contributed by atoms with Crippen molar-refractivity contribution in [2.75, 3.05) is 20.3 Å². The summed E-state index contributed by atoms with van der Waals surface area (Å²) in [5.41, 5.74) is 0. The lowest BCUT2D eigenvalue weighted by Crippen LogP contribution is -2.64. The molecule has 4 heterocycles. The molecule has 0 aromatic rings. The van der Waals surface area contributed by atoms with Gasteiger partial charge in [0.25, 0.3) is 0 Å². The Kier molecular flexibility index (Phi) is 18.1. The van der Waals surface area contributed by atoms with E-state index in [9.17, 15) is 76.3 Å². The summed E-state index contributed by atoms with van der Waals surface area (Å²) in [6, 6.07) is 0. The fourth-order valence-corrected chi connectivity index (χ4v) is 10.7. The van der Waals surface area contributed by atoms with Gasteiger partial charge in [0.1, 0.15) is 86.0 Å². The molecule has 4 saturated heterocycles. The number of hydrogen-bond acceptors (Lipinski definition) is 23. The highest BCUT2D eigenvalue weighted by Gasteiger charge is 2.57. The van der Waals surface area contributed by atoms with Gasteiger partial charge in [-0.25, -0.2) is 4.79 Å². The van der Waals surface area contributed by atoms with Gasteiger partial charge in [-0.1, -0.05) is 6.08 Å². The van der Waals surface area contributed by atoms with Crippen molar-refractivity contribution in [2.24, 2.45) is 17.8 Å². The van der Waals surface area contributed by atoms with Gasteiger partial charge in [-0.05, 0) is 51.4 Å². The summed E-state index contributed by atoms with van der Waals surface area (Å²) in [6.45, 7) is 0.322. The Labute approximate surface area is 386 Å². The molecule has 0 bridgehead atoms. The number of carbonyl (C=O) groups is 1. The van der Waals surface area contributed by atoms with E-state index in [0.29, 0.717) is 19.3 Å². The van der Waals surface area contributed by atoms with Crippen LogP contribution < -0.4 is 0 Å². The van der Waals surface area contributed by atoms with Gasteiger partial charge < -0.3 is 114 Å². The molecule has 7 aliphatic rings. The molecule has 0 radical (unpaired) electrons. The number of fused-ring (bicyclic) bond motifs is 1. The smallest absolute Gasteiger partial charge is 0.330 e. The first kappa shape index (κ1) is 53.1. The summed E-state index contributed by atoms with van der Waals surface area (Å²) in [7, 11) is 1.50. The Hall–Kier alpha value is -1.67. The molecule has 11 unspecified atom stereocenters. The second-order valence-corrected chi connectivity index (χ2v) is 19.4. The Morgan fingerprint density at radius 1 is 0.582 bits per heavy atom. The quantitative estimate of drug-likeness (QED) is 0.0463. The van der Waals surface area contributed by atoms with Gasteiger partial charge in [-0.3, -0.25) is 0 Å². The van der Waals surface area contributed by atoms with Crippen LogP contribution >= 0.6 is 0 Å². The first-order chi connectivity index (χ1) is 31.8. The Morgan fingerprint density at radius 3 is 1.79 bits per heavy atom. The van der Waals surface area contributed by atoms with Crippen LogP contribution in [0.5, 0.6) is 0 Å². The Balaban J connectivity index is 1.05. The average Bonchev–Trinajstić information content (AvgIpc) is 3.30. The van der Waals surface area contributed by atoms with E-state index >= 15 is 0 Å². The van der Waals surface area contributed by atoms with E-state index in [1.54, 1.807) is 6.08 Å². The summed E-state index contributed by atoms with van der Waals surface area (Å²) >= 11 is 0. The zero-order valence-corrected chi connectivity index (χ0v) is 37.3. The van der Waals surface area contributed by atoms with Gasteiger partial charge in [0.2, 0.25) is 0 Å². The van der Waals surface area contributed by atoms with Crippen LogP contribution in [0.2, 0.25) is 0 Å². The molecule has 24 nitrogen and oxygen atoms in total. The second kappa shape index (κ2) is 22.8. The van der Waals surface area contributed by atoms with Crippen molar-refractivity contribution >= 4 is 5.97 Å². The number of allylic oxidation sites excluding steroid dienone is 1. The molecule has 15 N–H and O–H groups in total. The third-order valence-corrected chi connectivity index (χ3v) is 14.8. The number of hydrogen-bond donors (Lipinski definition) is 14. The second-order valence-electron chi connectivity index (χ2n) is 19.4. The number of esters is 1. The monoisotopic (exact) mass is 971 g/mol. The van der Waals surface area contributed by atoms with Crippen molar-refractivity contribution in [2.45, 2.75) is 211 Å². The van der Waals surface area contributed by atoms with Crippen LogP contribution in [-0.4, -0.2) is 256 Å². The molecule has 7 fully saturated rings. The van der Waals surface area contributed by atoms with E-state index in [0.717, 1.165) is 0 Å². The third-order valence-electron chi connectivity index (χ3n) is 14.8. The molecular weight excluding hydrogens is 900 g/mol. The molecule has 67 heavy (non-hydrogen) atoms. The molecule has 386 valence electrons. The average molecular weight is 972 g/mol. The third kappa shape index (κ3) is 12.0. The highest BCUT2D eigenvalue weighted by molar-refractivity contribution is 5.81. The fourth-order valence-electron chi connectivity index (χ4n) is 10.7. The summed E-state index contributed by atoms with van der Waals surface area (Å²) in [6.07, 6.45) is -29.5. The zero-order chi connectivity index (χ0) is 48.6. The SMILES string of the molecule is COC1CC(C=CC(=O)OC[C@H]2O[C@@H](OC3CC(O)CC4[OH+]C(C5CC(O)C(O)C(O)C5)C(O[C@H]5O[C@H](CO[C@@H]6O[C@@H](C)[C@H](O)[C@@H](O)[C@H]6O)[C@H](O)[C@H](O)[C@H]5O)CC34)[C@H](O)[C@@H](O)[C@@H]2O)CCC1O. The minimum absolute atomic E-state index is 0.0144. The molecule has 0 spiro atoms. The molecule has 0 amide bonds. The van der Waals surface area contributed by atoms with E-state index in [2.05, 4.69) is 0 Å². The van der Waals surface area contributed by atoms with Gasteiger partial charge in [0.15, 0.2) is 31.1 Å². The molecule has 3 aliphatic carbocycles. The number of rotatable bonds is 13. The van der Waals surface area contributed by atoms with E-state index < -0.39 is 178 Å². The fraction of sp³-hybridized carbons (Fsp3) is 0.930. The van der Waals surface area contributed by atoms with Crippen LogP contribution in [-0.2, 0) is 42.7 Å². The van der Waals surface area contributed by atoms with Crippen LogP contribution in [0.1, 0.15) is 58.3 Å². The maximum Gasteiger partial charge on any atom is 0.330 e. The van der Waals surface area contributed by atoms with Crippen molar-refractivity contribution in [3.8, 4) is 0 Å². The normalized spacial score (nSPS) is 52.1. The van der Waals surface area contributed by atoms with Gasteiger partial charge >= 0.3 is 5.97 Å². The molecule has 4 aliphatic heterocycles. The van der Waals surface area contributed by atoms with Crippen molar-refractivity contribution in [3.05, 3.63) is 12.2 Å². The molecule has 0 aromatic carbocycles. The lowest BCUT2D eigenvalue weighted by atomic mass is 9.72. The first-order valence-electron chi connectivity index (χ1n) is 23.3. The minimum Gasteiger partial charge on any atom is -0.460 e. The van der Waals surface area contributed by atoms with Gasteiger partial charge in [0, 0.05) is 31.9 Å². The van der Waals surface area contributed by atoms with E-state index in [4.69, 9.17) is 42.6 Å². The number of ether oxygens (including phenoxy) is 9. The number of aliphatic hydroxyl groups excluding tert-OH is 14. The van der Waals surface area contributed by atoms with Crippen LogP contribution in [0.3, 0.4) is 0 Å². The lowest BCUT2D eigenvalue weighted by Gasteiger charge is -2.50. The maximum absolute atomic E-state index is 12.7. The predicted molar refractivity (Wildman–Crippen MR) is 220 cm³/mol. The van der Waals surface area contributed by atoms with Crippen LogP contribution in [0.25, 0.3) is 0 Å². The van der Waals surface area contributed by atoms with Crippen molar-refractivity contribution in [3.63, 3.8) is 0 Å². The number of methoxy groups -OCH3 is 1. The lowest BCUT2D eigenvalue weighted by molar-refractivity contribution is -0.371. The molecular formula is C43H71O24+. The highest BCUT2D eigenvalue weighted by Crippen LogP contribution is 2.44. The molecule has 7 rings (SSSR count). The zero-order valence-electron chi connectivity index (χ0n) is 37.3. The first-order valence-corrected chi connectivity index (χ1v) is 23.3. The van der Waals surface area contributed by atoms with Crippen LogP contribution in [0.4, 0.5) is 0 Å². The van der Waals surface area contributed by atoms with Gasteiger partial charge in [-0.15, -0.1) is 0 Å². The Bertz CT molecular complexity index is 1600. The Morgan fingerprint density at radius 2 is 1.16 bits per heavy atom. The molecule has 3 saturated carbocycles. The predicted octanol–water partition coefficient (Wildman–Crippen LogP) is -6.58. The standard InChI is InChI=1S/C43H70O24/c1-15-30(49)34(53)37(56)41(62-15)61-14-28-33(52)36(55)39(58)43(67-28)65-26-12-19-23(63-40(26)17-8-21(46)31(50)22(47)9-17)10-18(44)11-24(19)64-42-38(57)35(54)32(51)27(66-42)13-60-29(48)6-4-16-3-5-20(45)25(7-16)59-2/h4,6,15-28,30-47,49-58H,3,5,7-14H2,1-2H3/p+1/t15-,16?,17?,18?,19?,20?,21?,22?,23?,24?,25?,26?,27+,28+,30-,31?,32+,33-,34+,35-,36-,37+,38+,39+,40?,41+,42+,43-/m0/s1. The highest BCUT2D eigenvalue weighted by atomic mass is 16.7. The minimum atomic E-state index is -1.87. The summed E-state index contributed by atoms with van der Waals surface area (Å²) < 4.78 is 51.3. The summed E-state index contributed by atoms with van der Waals surface area (Å²) in [4.78, 5) is 12.7. The molecule has 0 aromatic heterocycles. The van der Waals surface area contributed by atoms with Crippen LogP contribution in [0.15, 0.2) is 12.2 Å². The molecule has 26 atom stereocenters. The topological polar surface area (TPSA) is 387 Å². The van der Waals surface area contributed by atoms with Gasteiger partial charge in [0.05, 0.1) is 55.3 Å². The van der Waals surface area contributed by atoms with Crippen LogP contribution in [0, 0.1) is 17.8 Å². The van der Waals surface area contributed by atoms with Crippen molar-refractivity contribution in [1.82, 2.24) is 0 Å². The largest absolute Gasteiger partial charge is 0.460 e. The number of carbonyl (C=O) groups excluding carboxylic acids is 1. The van der Waals surface area contributed by atoms with E-state index in [-0.39, 0.29) is 44.1 Å². The van der Waals surface area contributed by atoms with Crippen molar-refractivity contribution in [1.29, 1.82) is 0 Å². The number of aliphatic hydroxyl groups is 16. The van der Waals surface area contributed by atoms with Gasteiger partial charge in [-0.2, -0.15) is 0 Å². The van der Waals surface area contributed by atoms with E-state index in [1.165, 1.54) is 20.1 Å². The van der Waals surface area contributed by atoms with Crippen molar-refractivity contribution < 1.29 is 119 Å².